The van der Waals surface area contributed by atoms with Crippen LogP contribution in [0.1, 0.15) is 45.1 Å². The summed E-state index contributed by atoms with van der Waals surface area (Å²) in [7, 11) is 1.93. The molecule has 1 aliphatic rings. The lowest BCUT2D eigenvalue weighted by molar-refractivity contribution is 0.457. The van der Waals surface area contributed by atoms with Crippen molar-refractivity contribution in [2.75, 3.05) is 7.05 Å². The van der Waals surface area contributed by atoms with E-state index in [1.807, 2.05) is 7.05 Å². The molecule has 2 rings (SSSR count). The highest BCUT2D eigenvalue weighted by Gasteiger charge is 2.67. The molecule has 0 bridgehead atoms. The third-order valence-electron chi connectivity index (χ3n) is 4.30. The Bertz CT molecular complexity index is 351. The van der Waals surface area contributed by atoms with Crippen LogP contribution in [-0.4, -0.2) is 12.0 Å². The summed E-state index contributed by atoms with van der Waals surface area (Å²) in [5, 5.41) is 3.13. The molecular formula is C12H20N2O. The van der Waals surface area contributed by atoms with Crippen LogP contribution in [0.4, 0.5) is 0 Å². The van der Waals surface area contributed by atoms with Crippen LogP contribution in [0.15, 0.2) is 10.8 Å². The summed E-state index contributed by atoms with van der Waals surface area (Å²) in [6.07, 6.45) is 1.56. The molecule has 84 valence electrons. The van der Waals surface area contributed by atoms with E-state index in [1.165, 1.54) is 0 Å². The van der Waals surface area contributed by atoms with Crippen molar-refractivity contribution in [1.82, 2.24) is 10.3 Å². The minimum atomic E-state index is 0.315. The van der Waals surface area contributed by atoms with Crippen LogP contribution >= 0.6 is 0 Å². The predicted molar refractivity (Wildman–Crippen MR) is 59.6 cm³/mol. The van der Waals surface area contributed by atoms with E-state index < -0.39 is 0 Å². The first-order valence-electron chi connectivity index (χ1n) is 5.49. The summed E-state index contributed by atoms with van der Waals surface area (Å²) in [4.78, 5) is 4.27. The molecule has 1 N–H and O–H groups in total. The average molecular weight is 208 g/mol. The average Bonchev–Trinajstić information content (AvgIpc) is 2.51. The van der Waals surface area contributed by atoms with E-state index in [1.54, 1.807) is 6.39 Å². The molecule has 1 saturated carbocycles. The van der Waals surface area contributed by atoms with E-state index in [9.17, 15) is 0 Å². The monoisotopic (exact) mass is 208 g/mol. The lowest BCUT2D eigenvalue weighted by Gasteiger charge is -2.03. The van der Waals surface area contributed by atoms with Crippen LogP contribution in [0.5, 0.6) is 0 Å². The normalized spacial score (nSPS) is 23.0. The summed E-state index contributed by atoms with van der Waals surface area (Å²) in [6.45, 7) is 9.97. The van der Waals surface area contributed by atoms with Gasteiger partial charge in [0, 0.05) is 12.5 Å². The third-order valence-corrected chi connectivity index (χ3v) is 4.30. The Kier molecular flexibility index (Phi) is 2.19. The summed E-state index contributed by atoms with van der Waals surface area (Å²) in [5.74, 6) is 1.56. The van der Waals surface area contributed by atoms with E-state index in [-0.39, 0.29) is 0 Å². The summed E-state index contributed by atoms with van der Waals surface area (Å²) in [5.41, 5.74) is 1.69. The van der Waals surface area contributed by atoms with Crippen LogP contribution in [0.3, 0.4) is 0 Å². The first kappa shape index (κ1) is 10.7. The lowest BCUT2D eigenvalue weighted by Crippen LogP contribution is -2.07. The fourth-order valence-corrected chi connectivity index (χ4v) is 2.67. The highest BCUT2D eigenvalue weighted by Crippen LogP contribution is 2.73. The SMILES string of the molecule is CNCc1ncoc1C1C(C)(C)C1(C)C. The Morgan fingerprint density at radius 2 is 1.93 bits per heavy atom. The number of rotatable bonds is 3. The zero-order chi connectivity index (χ0) is 11.3. The van der Waals surface area contributed by atoms with Gasteiger partial charge in [0.25, 0.3) is 0 Å². The Hall–Kier alpha value is -0.830. The second kappa shape index (κ2) is 3.08. The van der Waals surface area contributed by atoms with Crippen molar-refractivity contribution in [2.24, 2.45) is 10.8 Å². The van der Waals surface area contributed by atoms with Gasteiger partial charge in [0.15, 0.2) is 6.39 Å². The number of nitrogens with one attached hydrogen (secondary N) is 1. The molecule has 1 aliphatic carbocycles. The smallest absolute Gasteiger partial charge is 0.181 e. The number of nitrogens with zero attached hydrogens (tertiary/aromatic N) is 1. The van der Waals surface area contributed by atoms with Gasteiger partial charge in [-0.3, -0.25) is 0 Å². The quantitative estimate of drug-likeness (QED) is 0.829. The van der Waals surface area contributed by atoms with Crippen LogP contribution in [0.25, 0.3) is 0 Å². The fraction of sp³-hybridized carbons (Fsp3) is 0.750. The van der Waals surface area contributed by atoms with Gasteiger partial charge in [0.1, 0.15) is 5.76 Å². The van der Waals surface area contributed by atoms with Crippen molar-refractivity contribution in [3.8, 4) is 0 Å². The molecule has 0 spiro atoms. The molecule has 3 heteroatoms. The minimum absolute atomic E-state index is 0.315. The van der Waals surface area contributed by atoms with Gasteiger partial charge < -0.3 is 9.73 Å². The Morgan fingerprint density at radius 3 is 2.40 bits per heavy atom. The van der Waals surface area contributed by atoms with Gasteiger partial charge in [0.2, 0.25) is 0 Å². The maximum Gasteiger partial charge on any atom is 0.181 e. The molecule has 1 aromatic heterocycles. The summed E-state index contributed by atoms with van der Waals surface area (Å²) in [6, 6.07) is 0. The van der Waals surface area contributed by atoms with Gasteiger partial charge in [0.05, 0.1) is 5.69 Å². The van der Waals surface area contributed by atoms with Crippen LogP contribution in [0.2, 0.25) is 0 Å². The number of hydrogen-bond donors (Lipinski definition) is 1. The summed E-state index contributed by atoms with van der Waals surface area (Å²) >= 11 is 0. The van der Waals surface area contributed by atoms with Crippen molar-refractivity contribution in [2.45, 2.75) is 40.2 Å². The maximum absolute atomic E-state index is 5.56. The number of oxazole rings is 1. The molecule has 0 amide bonds. The van der Waals surface area contributed by atoms with Gasteiger partial charge in [-0.05, 0) is 17.9 Å². The van der Waals surface area contributed by atoms with Crippen molar-refractivity contribution < 1.29 is 4.42 Å². The first-order valence-corrected chi connectivity index (χ1v) is 5.49. The Balaban J connectivity index is 2.29. The fourth-order valence-electron chi connectivity index (χ4n) is 2.67. The van der Waals surface area contributed by atoms with E-state index in [0.29, 0.717) is 16.7 Å². The highest BCUT2D eigenvalue weighted by molar-refractivity contribution is 5.31. The standard InChI is InChI=1S/C12H20N2O/c1-11(2)10(12(11,3)4)9-8(6-13-5)14-7-15-9/h7,10,13H,6H2,1-5H3. The molecule has 0 aromatic carbocycles. The van der Waals surface area contributed by atoms with Crippen molar-refractivity contribution in [3.05, 3.63) is 17.8 Å². The molecule has 0 aliphatic heterocycles. The second-order valence-corrected chi connectivity index (χ2v) is 5.57. The number of aromatic nitrogens is 1. The van der Waals surface area contributed by atoms with Crippen LogP contribution in [0, 0.1) is 10.8 Å². The zero-order valence-corrected chi connectivity index (χ0v) is 10.2. The molecule has 1 fully saturated rings. The van der Waals surface area contributed by atoms with Crippen molar-refractivity contribution in [3.63, 3.8) is 0 Å². The zero-order valence-electron chi connectivity index (χ0n) is 10.2. The topological polar surface area (TPSA) is 38.1 Å². The number of hydrogen-bond acceptors (Lipinski definition) is 3. The van der Waals surface area contributed by atoms with E-state index in [4.69, 9.17) is 4.42 Å². The van der Waals surface area contributed by atoms with Gasteiger partial charge in [-0.15, -0.1) is 0 Å². The molecule has 3 nitrogen and oxygen atoms in total. The van der Waals surface area contributed by atoms with Gasteiger partial charge in [-0.2, -0.15) is 0 Å². The van der Waals surface area contributed by atoms with Crippen molar-refractivity contribution in [1.29, 1.82) is 0 Å². The second-order valence-electron chi connectivity index (χ2n) is 5.57. The first-order chi connectivity index (χ1) is 6.93. The summed E-state index contributed by atoms with van der Waals surface area (Å²) < 4.78 is 5.56. The molecule has 0 atom stereocenters. The van der Waals surface area contributed by atoms with Crippen LogP contribution < -0.4 is 5.32 Å². The molecular weight excluding hydrogens is 188 g/mol. The molecule has 1 heterocycles. The lowest BCUT2D eigenvalue weighted by atomic mass is 10.0. The molecule has 15 heavy (non-hydrogen) atoms. The predicted octanol–water partition coefficient (Wildman–Crippen LogP) is 2.54. The third kappa shape index (κ3) is 1.33. The largest absolute Gasteiger partial charge is 0.448 e. The van der Waals surface area contributed by atoms with Crippen LogP contribution in [-0.2, 0) is 6.54 Å². The van der Waals surface area contributed by atoms with E-state index >= 15 is 0 Å². The van der Waals surface area contributed by atoms with E-state index in [0.717, 1.165) is 18.0 Å². The minimum Gasteiger partial charge on any atom is -0.448 e. The molecule has 0 saturated heterocycles. The maximum atomic E-state index is 5.56. The van der Waals surface area contributed by atoms with Gasteiger partial charge in [-0.1, -0.05) is 27.7 Å². The Labute approximate surface area is 91.3 Å². The van der Waals surface area contributed by atoms with E-state index in [2.05, 4.69) is 38.0 Å². The van der Waals surface area contributed by atoms with Gasteiger partial charge in [-0.25, -0.2) is 4.98 Å². The Morgan fingerprint density at radius 1 is 1.33 bits per heavy atom. The van der Waals surface area contributed by atoms with Crippen molar-refractivity contribution >= 4 is 0 Å². The highest BCUT2D eigenvalue weighted by atomic mass is 16.3. The molecule has 0 unspecified atom stereocenters. The molecule has 0 radical (unpaired) electrons. The van der Waals surface area contributed by atoms with Gasteiger partial charge >= 0.3 is 0 Å². The molecule has 1 aromatic rings.